The van der Waals surface area contributed by atoms with Crippen LogP contribution in [0, 0.1) is 12.7 Å². The van der Waals surface area contributed by atoms with Gasteiger partial charge in [-0.1, -0.05) is 6.07 Å². The summed E-state index contributed by atoms with van der Waals surface area (Å²) >= 11 is 0. The van der Waals surface area contributed by atoms with E-state index in [1.807, 2.05) is 6.92 Å². The highest BCUT2D eigenvalue weighted by molar-refractivity contribution is 5.42. The minimum atomic E-state index is -0.581. The summed E-state index contributed by atoms with van der Waals surface area (Å²) in [4.78, 5) is 0. The highest BCUT2D eigenvalue weighted by Gasteiger charge is 2.22. The molecule has 0 spiro atoms. The van der Waals surface area contributed by atoms with E-state index in [2.05, 4.69) is 5.32 Å². The second-order valence-corrected chi connectivity index (χ2v) is 3.71. The van der Waals surface area contributed by atoms with E-state index in [4.69, 9.17) is 4.74 Å². The first-order valence-electron chi connectivity index (χ1n) is 4.99. The standard InChI is InChI=1S/C11H14FNO2/c1-7-2-3-8(12)11(14)10(7)9-6-15-5-4-13-9/h2-3,9,13-14H,4-6H2,1H3/t9-/m0/s1. The molecule has 1 aromatic rings. The molecule has 1 atom stereocenters. The molecule has 0 aromatic heterocycles. The van der Waals surface area contributed by atoms with E-state index in [0.29, 0.717) is 18.8 Å². The molecule has 82 valence electrons. The molecule has 1 saturated heterocycles. The van der Waals surface area contributed by atoms with Crippen LogP contribution in [-0.4, -0.2) is 24.9 Å². The lowest BCUT2D eigenvalue weighted by atomic mass is 9.99. The Morgan fingerprint density at radius 2 is 2.33 bits per heavy atom. The Morgan fingerprint density at radius 3 is 3.00 bits per heavy atom. The Kier molecular flexibility index (Phi) is 2.88. The molecule has 15 heavy (non-hydrogen) atoms. The van der Waals surface area contributed by atoms with Crippen molar-refractivity contribution in [3.63, 3.8) is 0 Å². The van der Waals surface area contributed by atoms with E-state index < -0.39 is 5.82 Å². The van der Waals surface area contributed by atoms with E-state index >= 15 is 0 Å². The van der Waals surface area contributed by atoms with Crippen molar-refractivity contribution < 1.29 is 14.2 Å². The maximum absolute atomic E-state index is 13.2. The number of halogens is 1. The SMILES string of the molecule is Cc1ccc(F)c(O)c1[C@@H]1COCCN1. The van der Waals surface area contributed by atoms with Gasteiger partial charge in [-0.3, -0.25) is 0 Å². The van der Waals surface area contributed by atoms with Crippen LogP contribution in [0.3, 0.4) is 0 Å². The van der Waals surface area contributed by atoms with Crippen LogP contribution in [0.4, 0.5) is 4.39 Å². The van der Waals surface area contributed by atoms with Gasteiger partial charge >= 0.3 is 0 Å². The molecule has 2 N–H and O–H groups in total. The number of nitrogens with one attached hydrogen (secondary N) is 1. The largest absolute Gasteiger partial charge is 0.505 e. The number of hydrogen-bond donors (Lipinski definition) is 2. The third-order valence-electron chi connectivity index (χ3n) is 2.66. The fourth-order valence-corrected chi connectivity index (χ4v) is 1.87. The lowest BCUT2D eigenvalue weighted by molar-refractivity contribution is 0.0757. The molecule has 0 bridgehead atoms. The van der Waals surface area contributed by atoms with Crippen LogP contribution in [-0.2, 0) is 4.74 Å². The molecule has 0 amide bonds. The number of aromatic hydroxyl groups is 1. The first-order chi connectivity index (χ1) is 7.20. The second-order valence-electron chi connectivity index (χ2n) is 3.71. The number of aryl methyl sites for hydroxylation is 1. The molecule has 1 aliphatic rings. The summed E-state index contributed by atoms with van der Waals surface area (Å²) in [6.07, 6.45) is 0. The average Bonchev–Trinajstić information content (AvgIpc) is 2.26. The molecule has 1 aliphatic heterocycles. The van der Waals surface area contributed by atoms with Crippen LogP contribution in [0.2, 0.25) is 0 Å². The summed E-state index contributed by atoms with van der Waals surface area (Å²) in [5.41, 5.74) is 1.48. The Bertz CT molecular complexity index is 362. The predicted octanol–water partition coefficient (Wildman–Crippen LogP) is 1.50. The molecule has 2 rings (SSSR count). The van der Waals surface area contributed by atoms with E-state index in [1.54, 1.807) is 6.07 Å². The van der Waals surface area contributed by atoms with Crippen molar-refractivity contribution in [1.82, 2.24) is 5.32 Å². The van der Waals surface area contributed by atoms with Gasteiger partial charge in [0.2, 0.25) is 0 Å². The van der Waals surface area contributed by atoms with Crippen LogP contribution in [0.1, 0.15) is 17.2 Å². The van der Waals surface area contributed by atoms with Gasteiger partial charge < -0.3 is 15.2 Å². The predicted molar refractivity (Wildman–Crippen MR) is 54.4 cm³/mol. The Labute approximate surface area is 87.9 Å². The summed E-state index contributed by atoms with van der Waals surface area (Å²) < 4.78 is 18.5. The number of morpholine rings is 1. The van der Waals surface area contributed by atoms with Crippen molar-refractivity contribution in [3.8, 4) is 5.75 Å². The van der Waals surface area contributed by atoms with Gasteiger partial charge in [0.1, 0.15) is 0 Å². The Balaban J connectivity index is 2.36. The van der Waals surface area contributed by atoms with Gasteiger partial charge in [0.15, 0.2) is 11.6 Å². The summed E-state index contributed by atoms with van der Waals surface area (Å²) in [6.45, 7) is 3.70. The highest BCUT2D eigenvalue weighted by Crippen LogP contribution is 2.31. The zero-order valence-electron chi connectivity index (χ0n) is 8.59. The molecule has 1 heterocycles. The molecule has 4 heteroatoms. The highest BCUT2D eigenvalue weighted by atomic mass is 19.1. The van der Waals surface area contributed by atoms with E-state index in [1.165, 1.54) is 6.07 Å². The van der Waals surface area contributed by atoms with Gasteiger partial charge in [0.05, 0.1) is 19.3 Å². The summed E-state index contributed by atoms with van der Waals surface area (Å²) in [5, 5.41) is 12.9. The Morgan fingerprint density at radius 1 is 1.53 bits per heavy atom. The van der Waals surface area contributed by atoms with Gasteiger partial charge in [0.25, 0.3) is 0 Å². The zero-order chi connectivity index (χ0) is 10.8. The fourth-order valence-electron chi connectivity index (χ4n) is 1.87. The van der Waals surface area contributed by atoms with Gasteiger partial charge in [-0.2, -0.15) is 0 Å². The molecule has 0 saturated carbocycles. The van der Waals surface area contributed by atoms with Crippen molar-refractivity contribution in [2.45, 2.75) is 13.0 Å². The third kappa shape index (κ3) is 1.96. The Hall–Kier alpha value is -1.13. The summed E-state index contributed by atoms with van der Waals surface area (Å²) in [6, 6.07) is 2.83. The summed E-state index contributed by atoms with van der Waals surface area (Å²) in [7, 11) is 0. The van der Waals surface area contributed by atoms with E-state index in [-0.39, 0.29) is 11.8 Å². The van der Waals surface area contributed by atoms with Crippen molar-refractivity contribution in [2.24, 2.45) is 0 Å². The quantitative estimate of drug-likeness (QED) is 0.739. The molecule has 1 fully saturated rings. The molecule has 3 nitrogen and oxygen atoms in total. The van der Waals surface area contributed by atoms with Crippen LogP contribution >= 0.6 is 0 Å². The molecular weight excluding hydrogens is 197 g/mol. The smallest absolute Gasteiger partial charge is 0.165 e. The second kappa shape index (κ2) is 4.16. The minimum absolute atomic E-state index is 0.116. The molecule has 0 unspecified atom stereocenters. The van der Waals surface area contributed by atoms with Crippen LogP contribution < -0.4 is 5.32 Å². The number of ether oxygens (including phenoxy) is 1. The summed E-state index contributed by atoms with van der Waals surface area (Å²) in [5.74, 6) is -0.846. The van der Waals surface area contributed by atoms with Gasteiger partial charge in [0, 0.05) is 12.1 Å². The van der Waals surface area contributed by atoms with Crippen LogP contribution in [0.5, 0.6) is 5.75 Å². The maximum Gasteiger partial charge on any atom is 0.165 e. The lowest BCUT2D eigenvalue weighted by Gasteiger charge is -2.26. The fraction of sp³-hybridized carbons (Fsp3) is 0.455. The van der Waals surface area contributed by atoms with Crippen molar-refractivity contribution >= 4 is 0 Å². The normalized spacial score (nSPS) is 21.6. The third-order valence-corrected chi connectivity index (χ3v) is 2.66. The topological polar surface area (TPSA) is 41.5 Å². The maximum atomic E-state index is 13.2. The van der Waals surface area contributed by atoms with E-state index in [0.717, 1.165) is 12.1 Å². The zero-order valence-corrected chi connectivity index (χ0v) is 8.59. The number of phenolic OH excluding ortho intramolecular Hbond substituents is 1. The van der Waals surface area contributed by atoms with Crippen molar-refractivity contribution in [3.05, 3.63) is 29.1 Å². The van der Waals surface area contributed by atoms with Crippen molar-refractivity contribution in [2.75, 3.05) is 19.8 Å². The van der Waals surface area contributed by atoms with Gasteiger partial charge in [-0.25, -0.2) is 4.39 Å². The van der Waals surface area contributed by atoms with E-state index in [9.17, 15) is 9.50 Å². The minimum Gasteiger partial charge on any atom is -0.505 e. The van der Waals surface area contributed by atoms with Crippen LogP contribution in [0.15, 0.2) is 12.1 Å². The lowest BCUT2D eigenvalue weighted by Crippen LogP contribution is -2.35. The number of phenols is 1. The molecule has 1 aromatic carbocycles. The first kappa shape index (κ1) is 10.4. The molecular formula is C11H14FNO2. The number of rotatable bonds is 1. The van der Waals surface area contributed by atoms with Crippen LogP contribution in [0.25, 0.3) is 0 Å². The van der Waals surface area contributed by atoms with Gasteiger partial charge in [-0.05, 0) is 18.6 Å². The van der Waals surface area contributed by atoms with Gasteiger partial charge in [-0.15, -0.1) is 0 Å². The number of hydrogen-bond acceptors (Lipinski definition) is 3. The monoisotopic (exact) mass is 211 g/mol. The number of benzene rings is 1. The average molecular weight is 211 g/mol. The van der Waals surface area contributed by atoms with Crippen molar-refractivity contribution in [1.29, 1.82) is 0 Å². The molecule has 0 aliphatic carbocycles. The molecule has 0 radical (unpaired) electrons. The first-order valence-corrected chi connectivity index (χ1v) is 4.99.